The number of nitriles is 1. The maximum absolute atomic E-state index is 11.6. The van der Waals surface area contributed by atoms with Crippen molar-refractivity contribution in [2.45, 2.75) is 6.42 Å². The highest BCUT2D eigenvalue weighted by atomic mass is 16.3. The van der Waals surface area contributed by atoms with Crippen LogP contribution in [0.25, 0.3) is 6.08 Å². The van der Waals surface area contributed by atoms with Crippen LogP contribution in [0.2, 0.25) is 0 Å². The Hall–Kier alpha value is -2.52. The number of aromatic hydroxyl groups is 2. The summed E-state index contributed by atoms with van der Waals surface area (Å²) in [7, 11) is 0. The van der Waals surface area contributed by atoms with E-state index in [1.54, 1.807) is 6.07 Å². The number of carbonyl (C=O) groups excluding carboxylic acids is 1. The van der Waals surface area contributed by atoms with Gasteiger partial charge in [0.05, 0.1) is 0 Å². The predicted molar refractivity (Wildman–Crippen MR) is 68.1 cm³/mol. The zero-order chi connectivity index (χ0) is 14.3. The Kier molecular flexibility index (Phi) is 5.38. The largest absolute Gasteiger partial charge is 0.504 e. The van der Waals surface area contributed by atoms with Gasteiger partial charge in [0, 0.05) is 13.2 Å². The second kappa shape index (κ2) is 7.03. The van der Waals surface area contributed by atoms with Crippen LogP contribution in [0, 0.1) is 11.3 Å². The fourth-order valence-electron chi connectivity index (χ4n) is 1.32. The van der Waals surface area contributed by atoms with Crippen LogP contribution in [0.1, 0.15) is 12.0 Å². The SMILES string of the molecule is N#C/C(=C\c1ccc(O)c(O)c1)C(=O)NCCCO. The summed E-state index contributed by atoms with van der Waals surface area (Å²) in [6.45, 7) is 0.229. The van der Waals surface area contributed by atoms with E-state index in [-0.39, 0.29) is 30.2 Å². The maximum Gasteiger partial charge on any atom is 0.261 e. The third-order valence-electron chi connectivity index (χ3n) is 2.30. The van der Waals surface area contributed by atoms with Crippen LogP contribution in [0.15, 0.2) is 23.8 Å². The van der Waals surface area contributed by atoms with E-state index in [9.17, 15) is 9.90 Å². The molecule has 0 spiro atoms. The molecule has 0 aromatic heterocycles. The minimum Gasteiger partial charge on any atom is -0.504 e. The van der Waals surface area contributed by atoms with Gasteiger partial charge in [0.2, 0.25) is 0 Å². The first-order valence-electron chi connectivity index (χ1n) is 5.61. The topological polar surface area (TPSA) is 114 Å². The number of amides is 1. The summed E-state index contributed by atoms with van der Waals surface area (Å²) < 4.78 is 0. The lowest BCUT2D eigenvalue weighted by atomic mass is 10.1. The third-order valence-corrected chi connectivity index (χ3v) is 2.30. The lowest BCUT2D eigenvalue weighted by Crippen LogP contribution is -2.26. The van der Waals surface area contributed by atoms with Crippen LogP contribution in [-0.4, -0.2) is 34.4 Å². The number of benzene rings is 1. The Bertz CT molecular complexity index is 532. The van der Waals surface area contributed by atoms with Crippen molar-refractivity contribution >= 4 is 12.0 Å². The van der Waals surface area contributed by atoms with Gasteiger partial charge < -0.3 is 20.6 Å². The van der Waals surface area contributed by atoms with E-state index in [2.05, 4.69) is 5.32 Å². The summed E-state index contributed by atoms with van der Waals surface area (Å²) in [6.07, 6.45) is 1.71. The highest BCUT2D eigenvalue weighted by molar-refractivity contribution is 6.01. The molecule has 1 amide bonds. The van der Waals surface area contributed by atoms with E-state index in [0.717, 1.165) is 0 Å². The Morgan fingerprint density at radius 3 is 2.68 bits per heavy atom. The number of aliphatic hydroxyl groups excluding tert-OH is 1. The van der Waals surface area contributed by atoms with Gasteiger partial charge in [0.15, 0.2) is 11.5 Å². The molecule has 0 unspecified atom stereocenters. The number of nitrogens with zero attached hydrogens (tertiary/aromatic N) is 1. The van der Waals surface area contributed by atoms with Crippen molar-refractivity contribution in [1.82, 2.24) is 5.32 Å². The Labute approximate surface area is 110 Å². The molecule has 1 aromatic rings. The number of phenolic OH excluding ortho intramolecular Hbond substituents is 2. The van der Waals surface area contributed by atoms with Gasteiger partial charge in [-0.3, -0.25) is 4.79 Å². The van der Waals surface area contributed by atoms with Gasteiger partial charge in [-0.05, 0) is 30.2 Å². The number of hydrogen-bond donors (Lipinski definition) is 4. The summed E-state index contributed by atoms with van der Waals surface area (Å²) in [5, 5.41) is 38.4. The molecule has 19 heavy (non-hydrogen) atoms. The normalized spacial score (nSPS) is 10.8. The zero-order valence-corrected chi connectivity index (χ0v) is 10.1. The number of phenols is 2. The number of nitrogens with one attached hydrogen (secondary N) is 1. The van der Waals surface area contributed by atoms with Gasteiger partial charge in [0.25, 0.3) is 5.91 Å². The van der Waals surface area contributed by atoms with Crippen molar-refractivity contribution in [2.75, 3.05) is 13.2 Å². The smallest absolute Gasteiger partial charge is 0.261 e. The first kappa shape index (κ1) is 14.5. The molecule has 0 bridgehead atoms. The second-order valence-electron chi connectivity index (χ2n) is 3.75. The molecule has 100 valence electrons. The van der Waals surface area contributed by atoms with Gasteiger partial charge in [-0.15, -0.1) is 0 Å². The maximum atomic E-state index is 11.6. The van der Waals surface area contributed by atoms with Gasteiger partial charge in [-0.2, -0.15) is 5.26 Å². The minimum atomic E-state index is -0.552. The predicted octanol–water partition coefficient (Wildman–Crippen LogP) is 0.503. The van der Waals surface area contributed by atoms with Gasteiger partial charge in [-0.25, -0.2) is 0 Å². The van der Waals surface area contributed by atoms with Crippen LogP contribution < -0.4 is 5.32 Å². The number of aliphatic hydroxyl groups is 1. The van der Waals surface area contributed by atoms with E-state index in [0.29, 0.717) is 12.0 Å². The van der Waals surface area contributed by atoms with Crippen molar-refractivity contribution in [3.05, 3.63) is 29.3 Å². The highest BCUT2D eigenvalue weighted by Crippen LogP contribution is 2.25. The molecule has 0 radical (unpaired) electrons. The van der Waals surface area contributed by atoms with E-state index in [1.807, 2.05) is 0 Å². The fraction of sp³-hybridized carbons (Fsp3) is 0.231. The molecule has 0 atom stereocenters. The van der Waals surface area contributed by atoms with Gasteiger partial charge in [-0.1, -0.05) is 6.07 Å². The quantitative estimate of drug-likeness (QED) is 0.267. The lowest BCUT2D eigenvalue weighted by Gasteiger charge is -2.03. The van der Waals surface area contributed by atoms with Crippen LogP contribution in [0.5, 0.6) is 11.5 Å². The fourth-order valence-corrected chi connectivity index (χ4v) is 1.32. The molecule has 1 rings (SSSR count). The second-order valence-corrected chi connectivity index (χ2v) is 3.75. The molecule has 0 fully saturated rings. The molecular formula is C13H14N2O4. The Morgan fingerprint density at radius 1 is 1.37 bits per heavy atom. The van der Waals surface area contributed by atoms with Crippen molar-refractivity contribution < 1.29 is 20.1 Å². The summed E-state index contributed by atoms with van der Waals surface area (Å²) in [4.78, 5) is 11.6. The molecule has 1 aromatic carbocycles. The summed E-state index contributed by atoms with van der Waals surface area (Å²) in [6, 6.07) is 5.73. The van der Waals surface area contributed by atoms with Crippen LogP contribution in [0.4, 0.5) is 0 Å². The molecule has 0 aliphatic heterocycles. The van der Waals surface area contributed by atoms with E-state index in [1.165, 1.54) is 24.3 Å². The van der Waals surface area contributed by atoms with Crippen molar-refractivity contribution in [3.63, 3.8) is 0 Å². The average molecular weight is 262 g/mol. The Morgan fingerprint density at radius 2 is 2.11 bits per heavy atom. The van der Waals surface area contributed by atoms with Crippen LogP contribution in [0.3, 0.4) is 0 Å². The van der Waals surface area contributed by atoms with E-state index >= 15 is 0 Å². The summed E-state index contributed by atoms with van der Waals surface area (Å²) in [5.74, 6) is -1.15. The summed E-state index contributed by atoms with van der Waals surface area (Å²) >= 11 is 0. The number of hydrogen-bond acceptors (Lipinski definition) is 5. The molecule has 6 nitrogen and oxygen atoms in total. The van der Waals surface area contributed by atoms with E-state index in [4.69, 9.17) is 15.5 Å². The minimum absolute atomic E-state index is 0.0439. The number of carbonyl (C=O) groups is 1. The Balaban J connectivity index is 2.84. The molecule has 6 heteroatoms. The van der Waals surface area contributed by atoms with E-state index < -0.39 is 5.91 Å². The molecule has 0 aliphatic carbocycles. The lowest BCUT2D eigenvalue weighted by molar-refractivity contribution is -0.117. The molecule has 0 heterocycles. The standard InChI is InChI=1S/C13H14N2O4/c14-8-10(13(19)15-4-1-5-16)6-9-2-3-11(17)12(18)7-9/h2-3,6-7,16-18H,1,4-5H2,(H,15,19)/b10-6+. The molecule has 0 saturated carbocycles. The van der Waals surface area contributed by atoms with Crippen LogP contribution >= 0.6 is 0 Å². The van der Waals surface area contributed by atoms with Crippen molar-refractivity contribution in [1.29, 1.82) is 5.26 Å². The molecule has 0 saturated heterocycles. The highest BCUT2D eigenvalue weighted by Gasteiger charge is 2.08. The monoisotopic (exact) mass is 262 g/mol. The molecular weight excluding hydrogens is 248 g/mol. The summed E-state index contributed by atoms with van der Waals surface area (Å²) in [5.41, 5.74) is 0.298. The molecule has 4 N–H and O–H groups in total. The van der Waals surface area contributed by atoms with Crippen molar-refractivity contribution in [2.24, 2.45) is 0 Å². The average Bonchev–Trinajstić information content (AvgIpc) is 2.40. The number of rotatable bonds is 5. The third kappa shape index (κ3) is 4.33. The van der Waals surface area contributed by atoms with Gasteiger partial charge >= 0.3 is 0 Å². The van der Waals surface area contributed by atoms with Gasteiger partial charge in [0.1, 0.15) is 11.6 Å². The molecule has 0 aliphatic rings. The van der Waals surface area contributed by atoms with Crippen molar-refractivity contribution in [3.8, 4) is 17.6 Å². The zero-order valence-electron chi connectivity index (χ0n) is 10.1. The van der Waals surface area contributed by atoms with Crippen LogP contribution in [-0.2, 0) is 4.79 Å². The first-order chi connectivity index (χ1) is 9.08. The first-order valence-corrected chi connectivity index (χ1v) is 5.61.